The van der Waals surface area contributed by atoms with Gasteiger partial charge in [0.05, 0.1) is 0 Å². The average Bonchev–Trinajstić information content (AvgIpc) is 2.70. The van der Waals surface area contributed by atoms with Gasteiger partial charge in [0.15, 0.2) is 17.5 Å². The quantitative estimate of drug-likeness (QED) is 0.500. The summed E-state index contributed by atoms with van der Waals surface area (Å²) >= 11 is 0. The normalized spacial score (nSPS) is 10.9. The molecule has 5 heteroatoms. The van der Waals surface area contributed by atoms with Crippen LogP contribution in [-0.2, 0) is 6.54 Å². The van der Waals surface area contributed by atoms with E-state index in [1.54, 1.807) is 0 Å². The van der Waals surface area contributed by atoms with Crippen molar-refractivity contribution in [2.45, 2.75) is 6.54 Å². The number of rotatable bonds is 4. The van der Waals surface area contributed by atoms with Crippen LogP contribution in [0.2, 0.25) is 0 Å². The van der Waals surface area contributed by atoms with E-state index in [1.807, 2.05) is 54.4 Å². The predicted molar refractivity (Wildman–Crippen MR) is 103 cm³/mol. The van der Waals surface area contributed by atoms with Crippen LogP contribution >= 0.6 is 0 Å². The SMILES string of the molecule is CN(Cc1ccccc1)c1nnc(-c2ccc(F)c(F)c2)c2ccccc12. The Hall–Kier alpha value is -3.34. The molecule has 0 fully saturated rings. The first-order valence-electron chi connectivity index (χ1n) is 8.59. The highest BCUT2D eigenvalue weighted by Gasteiger charge is 2.15. The van der Waals surface area contributed by atoms with Gasteiger partial charge in [-0.15, -0.1) is 10.2 Å². The van der Waals surface area contributed by atoms with E-state index in [1.165, 1.54) is 6.07 Å². The van der Waals surface area contributed by atoms with Gasteiger partial charge in [0, 0.05) is 29.9 Å². The molecular formula is C22H17F2N3. The third-order valence-electron chi connectivity index (χ3n) is 4.48. The van der Waals surface area contributed by atoms with Crippen LogP contribution in [0, 0.1) is 11.6 Å². The smallest absolute Gasteiger partial charge is 0.159 e. The Bertz CT molecular complexity index is 1100. The first kappa shape index (κ1) is 17.1. The van der Waals surface area contributed by atoms with Gasteiger partial charge in [-0.1, -0.05) is 54.6 Å². The topological polar surface area (TPSA) is 29.0 Å². The molecule has 3 nitrogen and oxygen atoms in total. The summed E-state index contributed by atoms with van der Waals surface area (Å²) < 4.78 is 27.0. The Labute approximate surface area is 155 Å². The van der Waals surface area contributed by atoms with E-state index in [2.05, 4.69) is 22.3 Å². The lowest BCUT2D eigenvalue weighted by molar-refractivity contribution is 0.509. The summed E-state index contributed by atoms with van der Waals surface area (Å²) in [6, 6.07) is 21.6. The zero-order valence-corrected chi connectivity index (χ0v) is 14.7. The van der Waals surface area contributed by atoms with E-state index in [4.69, 9.17) is 0 Å². The van der Waals surface area contributed by atoms with Crippen LogP contribution in [0.1, 0.15) is 5.56 Å². The molecule has 0 bridgehead atoms. The van der Waals surface area contributed by atoms with Crippen LogP contribution in [0.25, 0.3) is 22.0 Å². The van der Waals surface area contributed by atoms with E-state index in [9.17, 15) is 8.78 Å². The molecule has 1 aromatic heterocycles. The lowest BCUT2D eigenvalue weighted by Gasteiger charge is -2.20. The fraction of sp³-hybridized carbons (Fsp3) is 0.0909. The van der Waals surface area contributed by atoms with E-state index in [0.29, 0.717) is 17.8 Å². The van der Waals surface area contributed by atoms with Crippen molar-refractivity contribution in [2.24, 2.45) is 0 Å². The maximum absolute atomic E-state index is 13.7. The van der Waals surface area contributed by atoms with Gasteiger partial charge < -0.3 is 4.90 Å². The zero-order valence-electron chi connectivity index (χ0n) is 14.7. The van der Waals surface area contributed by atoms with E-state index < -0.39 is 11.6 Å². The number of benzene rings is 3. The number of hydrogen-bond donors (Lipinski definition) is 0. The fourth-order valence-electron chi connectivity index (χ4n) is 3.16. The van der Waals surface area contributed by atoms with Crippen molar-refractivity contribution in [1.82, 2.24) is 10.2 Å². The van der Waals surface area contributed by atoms with Crippen molar-refractivity contribution in [3.05, 3.63) is 90.0 Å². The number of halogens is 2. The number of hydrogen-bond acceptors (Lipinski definition) is 3. The Morgan fingerprint density at radius 2 is 1.48 bits per heavy atom. The molecule has 0 aliphatic heterocycles. The Balaban J connectivity index is 1.79. The molecule has 3 aromatic carbocycles. The first-order valence-corrected chi connectivity index (χ1v) is 8.59. The summed E-state index contributed by atoms with van der Waals surface area (Å²) in [4.78, 5) is 2.03. The van der Waals surface area contributed by atoms with Gasteiger partial charge >= 0.3 is 0 Å². The lowest BCUT2D eigenvalue weighted by atomic mass is 10.0. The van der Waals surface area contributed by atoms with Crippen LogP contribution in [0.4, 0.5) is 14.6 Å². The van der Waals surface area contributed by atoms with E-state index >= 15 is 0 Å². The molecule has 0 N–H and O–H groups in total. The lowest BCUT2D eigenvalue weighted by Crippen LogP contribution is -2.18. The molecular weight excluding hydrogens is 344 g/mol. The molecule has 0 spiro atoms. The van der Waals surface area contributed by atoms with Gasteiger partial charge in [-0.25, -0.2) is 8.78 Å². The summed E-state index contributed by atoms with van der Waals surface area (Å²) in [7, 11) is 1.96. The predicted octanol–water partition coefficient (Wildman–Crippen LogP) is 5.21. The van der Waals surface area contributed by atoms with Crippen molar-refractivity contribution >= 4 is 16.6 Å². The Kier molecular flexibility index (Phi) is 4.50. The summed E-state index contributed by atoms with van der Waals surface area (Å²) in [6.45, 7) is 0.685. The minimum absolute atomic E-state index is 0.495. The molecule has 0 aliphatic carbocycles. The molecule has 0 aliphatic rings. The number of aromatic nitrogens is 2. The van der Waals surface area contributed by atoms with E-state index in [-0.39, 0.29) is 0 Å². The minimum atomic E-state index is -0.899. The second kappa shape index (κ2) is 7.11. The Morgan fingerprint density at radius 1 is 0.778 bits per heavy atom. The molecule has 27 heavy (non-hydrogen) atoms. The van der Waals surface area contributed by atoms with Gasteiger partial charge in [0.1, 0.15) is 5.69 Å². The molecule has 4 aromatic rings. The van der Waals surface area contributed by atoms with E-state index in [0.717, 1.165) is 34.3 Å². The highest BCUT2D eigenvalue weighted by molar-refractivity contribution is 6.00. The fourth-order valence-corrected chi connectivity index (χ4v) is 3.16. The van der Waals surface area contributed by atoms with Crippen LogP contribution in [0.5, 0.6) is 0 Å². The second-order valence-corrected chi connectivity index (χ2v) is 6.39. The van der Waals surface area contributed by atoms with Crippen LogP contribution < -0.4 is 4.90 Å². The van der Waals surface area contributed by atoms with Gasteiger partial charge in [-0.3, -0.25) is 0 Å². The van der Waals surface area contributed by atoms with Crippen molar-refractivity contribution in [3.63, 3.8) is 0 Å². The van der Waals surface area contributed by atoms with Crippen molar-refractivity contribution in [2.75, 3.05) is 11.9 Å². The number of fused-ring (bicyclic) bond motifs is 1. The monoisotopic (exact) mass is 361 g/mol. The van der Waals surface area contributed by atoms with Crippen molar-refractivity contribution < 1.29 is 8.78 Å². The van der Waals surface area contributed by atoms with Crippen LogP contribution in [0.15, 0.2) is 72.8 Å². The molecule has 0 saturated carbocycles. The number of anilines is 1. The van der Waals surface area contributed by atoms with Gasteiger partial charge in [-0.2, -0.15) is 0 Å². The van der Waals surface area contributed by atoms with Crippen LogP contribution in [0.3, 0.4) is 0 Å². The first-order chi connectivity index (χ1) is 13.1. The number of nitrogens with zero attached hydrogens (tertiary/aromatic N) is 3. The van der Waals surface area contributed by atoms with Crippen molar-refractivity contribution in [1.29, 1.82) is 0 Å². The van der Waals surface area contributed by atoms with Gasteiger partial charge in [0.2, 0.25) is 0 Å². The molecule has 1 heterocycles. The standard InChI is InChI=1S/C22H17F2N3/c1-27(14-15-7-3-2-4-8-15)22-18-10-6-5-9-17(18)21(25-26-22)16-11-12-19(23)20(24)13-16/h2-13H,14H2,1H3. The maximum atomic E-state index is 13.7. The molecule has 134 valence electrons. The highest BCUT2D eigenvalue weighted by Crippen LogP contribution is 2.32. The summed E-state index contributed by atoms with van der Waals surface area (Å²) in [5.74, 6) is -1.04. The molecule has 0 radical (unpaired) electrons. The average molecular weight is 361 g/mol. The molecule has 0 atom stereocenters. The minimum Gasteiger partial charge on any atom is -0.353 e. The third kappa shape index (κ3) is 3.36. The van der Waals surface area contributed by atoms with Gasteiger partial charge in [-0.05, 0) is 23.8 Å². The molecule has 0 saturated heterocycles. The summed E-state index contributed by atoms with van der Waals surface area (Å²) in [6.07, 6.45) is 0. The highest BCUT2D eigenvalue weighted by atomic mass is 19.2. The second-order valence-electron chi connectivity index (χ2n) is 6.39. The largest absolute Gasteiger partial charge is 0.353 e. The van der Waals surface area contributed by atoms with Crippen molar-refractivity contribution in [3.8, 4) is 11.3 Å². The third-order valence-corrected chi connectivity index (χ3v) is 4.48. The molecule has 0 amide bonds. The maximum Gasteiger partial charge on any atom is 0.159 e. The molecule has 0 unspecified atom stereocenters. The summed E-state index contributed by atoms with van der Waals surface area (Å²) in [5.41, 5.74) is 2.19. The van der Waals surface area contributed by atoms with Gasteiger partial charge in [0.25, 0.3) is 0 Å². The summed E-state index contributed by atoms with van der Waals surface area (Å²) in [5, 5.41) is 10.5. The zero-order chi connectivity index (χ0) is 18.8. The van der Waals surface area contributed by atoms with Crippen LogP contribution in [-0.4, -0.2) is 17.2 Å². The Morgan fingerprint density at radius 3 is 2.22 bits per heavy atom. The molecule has 4 rings (SSSR count).